The van der Waals surface area contributed by atoms with Gasteiger partial charge in [0, 0.05) is 38.6 Å². The molecule has 0 aromatic carbocycles. The Bertz CT molecular complexity index is 607. The molecule has 3 heterocycles. The highest BCUT2D eigenvalue weighted by atomic mass is 16.6. The number of amides is 3. The molecule has 7 heteroatoms. The molecule has 3 aliphatic heterocycles. The van der Waals surface area contributed by atoms with Crippen LogP contribution in [0.5, 0.6) is 0 Å². The monoisotopic (exact) mass is 379 g/mol. The minimum atomic E-state index is -0.520. The van der Waals surface area contributed by atoms with Crippen molar-refractivity contribution in [3.63, 3.8) is 0 Å². The molecule has 0 aromatic rings. The van der Waals surface area contributed by atoms with Gasteiger partial charge in [-0.05, 0) is 59.9 Å². The van der Waals surface area contributed by atoms with Gasteiger partial charge in [0.1, 0.15) is 5.60 Å². The minimum absolute atomic E-state index is 0.0193. The van der Waals surface area contributed by atoms with E-state index in [0.717, 1.165) is 32.2 Å². The van der Waals surface area contributed by atoms with E-state index in [2.05, 4.69) is 4.90 Å². The average Bonchev–Trinajstić information content (AvgIpc) is 2.83. The summed E-state index contributed by atoms with van der Waals surface area (Å²) in [4.78, 5) is 42.9. The zero-order valence-electron chi connectivity index (χ0n) is 17.1. The van der Waals surface area contributed by atoms with E-state index < -0.39 is 11.0 Å². The van der Waals surface area contributed by atoms with Crippen molar-refractivity contribution in [2.24, 2.45) is 5.41 Å². The fourth-order valence-electron chi connectivity index (χ4n) is 4.72. The molecule has 3 saturated heterocycles. The molecule has 0 N–H and O–H groups in total. The summed E-state index contributed by atoms with van der Waals surface area (Å²) in [7, 11) is 0. The van der Waals surface area contributed by atoms with Crippen LogP contribution in [0.25, 0.3) is 0 Å². The number of rotatable bonds is 2. The second-order valence-corrected chi connectivity index (χ2v) is 9.17. The third kappa shape index (κ3) is 4.13. The van der Waals surface area contributed by atoms with Crippen molar-refractivity contribution >= 4 is 17.9 Å². The summed E-state index contributed by atoms with van der Waals surface area (Å²) in [5, 5.41) is 0. The zero-order chi connectivity index (χ0) is 19.8. The molecule has 3 fully saturated rings. The molecular formula is C20H33N3O4. The Kier molecular flexibility index (Phi) is 5.52. The molecule has 1 unspecified atom stereocenters. The Morgan fingerprint density at radius 2 is 1.85 bits per heavy atom. The Morgan fingerprint density at radius 1 is 1.19 bits per heavy atom. The first kappa shape index (κ1) is 20.1. The van der Waals surface area contributed by atoms with Gasteiger partial charge in [-0.25, -0.2) is 4.79 Å². The van der Waals surface area contributed by atoms with Crippen molar-refractivity contribution in [2.45, 2.75) is 71.4 Å². The third-order valence-electron chi connectivity index (χ3n) is 6.04. The number of hydrogen-bond donors (Lipinski definition) is 0. The van der Waals surface area contributed by atoms with E-state index in [0.29, 0.717) is 38.6 Å². The number of nitrogens with zero attached hydrogens (tertiary/aromatic N) is 3. The van der Waals surface area contributed by atoms with Gasteiger partial charge in [0.05, 0.1) is 5.41 Å². The normalized spacial score (nSPS) is 28.3. The van der Waals surface area contributed by atoms with E-state index >= 15 is 0 Å². The highest BCUT2D eigenvalue weighted by molar-refractivity contribution is 6.06. The Balaban J connectivity index is 1.58. The van der Waals surface area contributed by atoms with Gasteiger partial charge in [-0.2, -0.15) is 0 Å². The average molecular weight is 380 g/mol. The highest BCUT2D eigenvalue weighted by Gasteiger charge is 2.53. The number of imide groups is 1. The molecule has 27 heavy (non-hydrogen) atoms. The first-order valence-electron chi connectivity index (χ1n) is 10.2. The van der Waals surface area contributed by atoms with Gasteiger partial charge in [0.25, 0.3) is 0 Å². The van der Waals surface area contributed by atoms with Crippen LogP contribution in [0.15, 0.2) is 0 Å². The van der Waals surface area contributed by atoms with Gasteiger partial charge < -0.3 is 9.64 Å². The lowest BCUT2D eigenvalue weighted by atomic mass is 9.77. The van der Waals surface area contributed by atoms with Crippen LogP contribution < -0.4 is 0 Å². The standard InChI is InChI=1S/C20H33N3O4/c1-5-23-16(24)13-20(17(23)25)9-6-10-22(14-20)15-7-11-21(12-8-15)18(26)27-19(2,3)4/h15H,5-14H2,1-4H3. The molecule has 0 aliphatic carbocycles. The first-order valence-corrected chi connectivity index (χ1v) is 10.2. The molecule has 3 aliphatic rings. The number of carbonyl (C=O) groups is 3. The predicted octanol–water partition coefficient (Wildman–Crippen LogP) is 2.25. The molecular weight excluding hydrogens is 346 g/mol. The lowest BCUT2D eigenvalue weighted by Gasteiger charge is -2.45. The zero-order valence-corrected chi connectivity index (χ0v) is 17.1. The largest absolute Gasteiger partial charge is 0.444 e. The van der Waals surface area contributed by atoms with Gasteiger partial charge in [-0.3, -0.25) is 19.4 Å². The smallest absolute Gasteiger partial charge is 0.410 e. The molecule has 1 atom stereocenters. The highest BCUT2D eigenvalue weighted by Crippen LogP contribution is 2.42. The maximum Gasteiger partial charge on any atom is 0.410 e. The number of ether oxygens (including phenoxy) is 1. The van der Waals surface area contributed by atoms with Gasteiger partial charge in [0.15, 0.2) is 0 Å². The van der Waals surface area contributed by atoms with E-state index in [9.17, 15) is 14.4 Å². The quantitative estimate of drug-likeness (QED) is 0.688. The SMILES string of the molecule is CCN1C(=O)CC2(CCCN(C3CCN(C(=O)OC(C)(C)C)CC3)C2)C1=O. The van der Waals surface area contributed by atoms with Crippen molar-refractivity contribution in [3.8, 4) is 0 Å². The van der Waals surface area contributed by atoms with Gasteiger partial charge in [0.2, 0.25) is 11.8 Å². The van der Waals surface area contributed by atoms with E-state index in [1.165, 1.54) is 4.90 Å². The van der Waals surface area contributed by atoms with Crippen molar-refractivity contribution in [2.75, 3.05) is 32.7 Å². The van der Waals surface area contributed by atoms with Gasteiger partial charge >= 0.3 is 6.09 Å². The second-order valence-electron chi connectivity index (χ2n) is 9.17. The lowest BCUT2D eigenvalue weighted by Crippen LogP contribution is -2.54. The van der Waals surface area contributed by atoms with Crippen LogP contribution in [0.3, 0.4) is 0 Å². The Hall–Kier alpha value is -1.63. The second kappa shape index (κ2) is 7.41. The maximum atomic E-state index is 12.8. The van der Waals surface area contributed by atoms with Crippen LogP contribution in [-0.2, 0) is 14.3 Å². The van der Waals surface area contributed by atoms with Crippen LogP contribution in [-0.4, -0.2) is 77.0 Å². The number of carbonyl (C=O) groups excluding carboxylic acids is 3. The molecule has 0 bridgehead atoms. The molecule has 3 rings (SSSR count). The van der Waals surface area contributed by atoms with Crippen molar-refractivity contribution in [1.82, 2.24) is 14.7 Å². The summed E-state index contributed by atoms with van der Waals surface area (Å²) in [6.07, 6.45) is 3.63. The summed E-state index contributed by atoms with van der Waals surface area (Å²) in [6, 6.07) is 0.361. The van der Waals surface area contributed by atoms with Crippen LogP contribution in [0.1, 0.15) is 59.8 Å². The van der Waals surface area contributed by atoms with Gasteiger partial charge in [-0.1, -0.05) is 0 Å². The van der Waals surface area contributed by atoms with Crippen LogP contribution in [0.2, 0.25) is 0 Å². The van der Waals surface area contributed by atoms with E-state index in [-0.39, 0.29) is 17.9 Å². The summed E-state index contributed by atoms with van der Waals surface area (Å²) in [5.74, 6) is -0.00464. The van der Waals surface area contributed by atoms with Crippen molar-refractivity contribution in [3.05, 3.63) is 0 Å². The van der Waals surface area contributed by atoms with Gasteiger partial charge in [-0.15, -0.1) is 0 Å². The molecule has 0 aromatic heterocycles. The third-order valence-corrected chi connectivity index (χ3v) is 6.04. The van der Waals surface area contributed by atoms with E-state index in [1.54, 1.807) is 4.90 Å². The summed E-state index contributed by atoms with van der Waals surface area (Å²) in [6.45, 7) is 11.0. The van der Waals surface area contributed by atoms with Crippen LogP contribution in [0.4, 0.5) is 4.79 Å². The number of likely N-dealkylation sites (tertiary alicyclic amines) is 3. The van der Waals surface area contributed by atoms with Crippen LogP contribution >= 0.6 is 0 Å². The number of hydrogen-bond acceptors (Lipinski definition) is 5. The van der Waals surface area contributed by atoms with Crippen molar-refractivity contribution < 1.29 is 19.1 Å². The predicted molar refractivity (Wildman–Crippen MR) is 101 cm³/mol. The summed E-state index contributed by atoms with van der Waals surface area (Å²) >= 11 is 0. The molecule has 0 radical (unpaired) electrons. The molecule has 152 valence electrons. The minimum Gasteiger partial charge on any atom is -0.444 e. The van der Waals surface area contributed by atoms with Crippen LogP contribution in [0, 0.1) is 5.41 Å². The first-order chi connectivity index (χ1) is 12.6. The topological polar surface area (TPSA) is 70.2 Å². The molecule has 0 saturated carbocycles. The Morgan fingerprint density at radius 3 is 2.41 bits per heavy atom. The summed E-state index contributed by atoms with van der Waals surface area (Å²) in [5.41, 5.74) is -0.999. The van der Waals surface area contributed by atoms with E-state index in [4.69, 9.17) is 4.74 Å². The maximum absolute atomic E-state index is 12.8. The fourth-order valence-corrected chi connectivity index (χ4v) is 4.72. The lowest BCUT2D eigenvalue weighted by molar-refractivity contribution is -0.143. The Labute approximate surface area is 162 Å². The molecule has 7 nitrogen and oxygen atoms in total. The van der Waals surface area contributed by atoms with E-state index in [1.807, 2.05) is 27.7 Å². The molecule has 3 amide bonds. The summed E-state index contributed by atoms with van der Waals surface area (Å²) < 4.78 is 5.47. The number of piperidine rings is 2. The fraction of sp³-hybridized carbons (Fsp3) is 0.850. The molecule has 1 spiro atoms. The van der Waals surface area contributed by atoms with Crippen molar-refractivity contribution in [1.29, 1.82) is 0 Å².